The van der Waals surface area contributed by atoms with Crippen molar-refractivity contribution in [1.82, 2.24) is 0 Å². The van der Waals surface area contributed by atoms with Crippen LogP contribution in [0.15, 0.2) is 37.9 Å². The second-order valence-electron chi connectivity index (χ2n) is 4.53. The van der Waals surface area contributed by atoms with Crippen molar-refractivity contribution < 1.29 is 5.11 Å². The lowest BCUT2D eigenvalue weighted by Gasteiger charge is -2.11. The van der Waals surface area contributed by atoms with Crippen molar-refractivity contribution in [1.29, 1.82) is 0 Å². The summed E-state index contributed by atoms with van der Waals surface area (Å²) in [5, 5.41) is 10.4. The third-order valence-electron chi connectivity index (χ3n) is 3.09. The van der Waals surface area contributed by atoms with Crippen LogP contribution in [0.3, 0.4) is 0 Å². The van der Waals surface area contributed by atoms with Gasteiger partial charge in [-0.2, -0.15) is 0 Å². The number of aryl methyl sites for hydroxylation is 1. The molecule has 4 heteroatoms. The van der Waals surface area contributed by atoms with Crippen molar-refractivity contribution >= 4 is 43.2 Å². The van der Waals surface area contributed by atoms with Crippen LogP contribution in [-0.2, 0) is 6.42 Å². The van der Waals surface area contributed by atoms with Crippen LogP contribution in [0.2, 0.25) is 0 Å². The van der Waals surface area contributed by atoms with E-state index in [0.29, 0.717) is 0 Å². The molecular weight excluding hydrogens is 388 g/mol. The molecule has 0 aliphatic heterocycles. The van der Waals surface area contributed by atoms with Gasteiger partial charge in [-0.05, 0) is 61.9 Å². The van der Waals surface area contributed by atoms with Crippen LogP contribution < -0.4 is 0 Å². The largest absolute Gasteiger partial charge is 0.384 e. The number of rotatable bonds is 5. The average molecular weight is 404 g/mol. The van der Waals surface area contributed by atoms with Crippen LogP contribution >= 0.6 is 43.2 Å². The van der Waals surface area contributed by atoms with Crippen LogP contribution in [0.4, 0.5) is 0 Å². The number of benzene rings is 1. The van der Waals surface area contributed by atoms with E-state index < -0.39 is 6.10 Å². The molecule has 2 rings (SSSR count). The molecule has 0 saturated carbocycles. The lowest BCUT2D eigenvalue weighted by atomic mass is 10.0. The molecule has 1 atom stereocenters. The Morgan fingerprint density at radius 3 is 2.42 bits per heavy atom. The fourth-order valence-electron chi connectivity index (χ4n) is 1.97. The summed E-state index contributed by atoms with van der Waals surface area (Å²) in [6, 6.07) is 10.2. The van der Waals surface area contributed by atoms with Gasteiger partial charge in [0.25, 0.3) is 0 Å². The Bertz CT molecular complexity index is 534. The van der Waals surface area contributed by atoms with Gasteiger partial charge in [0.1, 0.15) is 6.10 Å². The highest BCUT2D eigenvalue weighted by Crippen LogP contribution is 2.37. The molecule has 0 spiro atoms. The third-order valence-corrected chi connectivity index (χ3v) is 5.48. The zero-order valence-corrected chi connectivity index (χ0v) is 14.7. The van der Waals surface area contributed by atoms with Crippen LogP contribution in [0.25, 0.3) is 0 Å². The van der Waals surface area contributed by atoms with Crippen molar-refractivity contribution in [2.24, 2.45) is 0 Å². The molecule has 1 heterocycles. The second kappa shape index (κ2) is 7.02. The van der Waals surface area contributed by atoms with E-state index in [9.17, 15) is 5.11 Å². The Balaban J connectivity index is 2.15. The minimum atomic E-state index is -0.572. The van der Waals surface area contributed by atoms with E-state index in [1.807, 2.05) is 18.2 Å². The summed E-state index contributed by atoms with van der Waals surface area (Å²) in [4.78, 5) is 0. The molecule has 1 nitrogen and oxygen atoms in total. The first-order valence-electron chi connectivity index (χ1n) is 6.33. The van der Waals surface area contributed by atoms with Crippen LogP contribution in [0.1, 0.15) is 42.6 Å². The molecule has 1 aromatic carbocycles. The van der Waals surface area contributed by atoms with Gasteiger partial charge >= 0.3 is 0 Å². The summed E-state index contributed by atoms with van der Waals surface area (Å²) in [6.07, 6.45) is 2.96. The zero-order chi connectivity index (χ0) is 13.8. The van der Waals surface area contributed by atoms with E-state index in [4.69, 9.17) is 0 Å². The van der Waals surface area contributed by atoms with Crippen molar-refractivity contribution in [3.8, 4) is 0 Å². The molecule has 0 amide bonds. The first-order chi connectivity index (χ1) is 9.11. The van der Waals surface area contributed by atoms with Crippen molar-refractivity contribution in [3.63, 3.8) is 0 Å². The smallest absolute Gasteiger partial charge is 0.106 e. The van der Waals surface area contributed by atoms with Crippen molar-refractivity contribution in [2.45, 2.75) is 32.3 Å². The van der Waals surface area contributed by atoms with Gasteiger partial charge in [-0.1, -0.05) is 37.6 Å². The van der Waals surface area contributed by atoms with E-state index in [-0.39, 0.29) is 0 Å². The number of thiophene rings is 1. The Morgan fingerprint density at radius 2 is 1.89 bits per heavy atom. The normalized spacial score (nSPS) is 12.6. The van der Waals surface area contributed by atoms with Gasteiger partial charge < -0.3 is 5.11 Å². The van der Waals surface area contributed by atoms with Crippen molar-refractivity contribution in [2.75, 3.05) is 0 Å². The number of aliphatic hydroxyl groups is 1. The monoisotopic (exact) mass is 402 g/mol. The molecule has 0 aliphatic carbocycles. The molecule has 19 heavy (non-hydrogen) atoms. The molecule has 1 unspecified atom stereocenters. The Morgan fingerprint density at radius 1 is 1.21 bits per heavy atom. The lowest BCUT2D eigenvalue weighted by molar-refractivity contribution is 0.220. The first kappa shape index (κ1) is 15.2. The SMILES string of the molecule is CCCCc1ccc(C(O)c2cc(Br)sc2Br)cc1. The van der Waals surface area contributed by atoms with Crippen LogP contribution in [-0.4, -0.2) is 5.11 Å². The van der Waals surface area contributed by atoms with Crippen LogP contribution in [0, 0.1) is 0 Å². The number of unbranched alkanes of at least 4 members (excludes halogenated alkanes) is 1. The molecule has 0 aliphatic rings. The molecule has 1 N–H and O–H groups in total. The van der Waals surface area contributed by atoms with Crippen LogP contribution in [0.5, 0.6) is 0 Å². The molecule has 0 radical (unpaired) electrons. The highest BCUT2D eigenvalue weighted by atomic mass is 79.9. The van der Waals surface area contributed by atoms with E-state index >= 15 is 0 Å². The number of halogens is 2. The zero-order valence-electron chi connectivity index (χ0n) is 10.7. The molecule has 2 aromatic rings. The molecular formula is C15H16Br2OS. The molecule has 0 saturated heterocycles. The van der Waals surface area contributed by atoms with E-state index in [1.165, 1.54) is 18.4 Å². The van der Waals surface area contributed by atoms with E-state index in [1.54, 1.807) is 11.3 Å². The highest BCUT2D eigenvalue weighted by Gasteiger charge is 2.16. The Labute approximate surface area is 134 Å². The fourth-order valence-corrected chi connectivity index (χ4v) is 4.85. The summed E-state index contributed by atoms with van der Waals surface area (Å²) in [5.74, 6) is 0. The summed E-state index contributed by atoms with van der Waals surface area (Å²) < 4.78 is 2.00. The maximum Gasteiger partial charge on any atom is 0.106 e. The number of hydrogen-bond donors (Lipinski definition) is 1. The predicted octanol–water partition coefficient (Wildman–Crippen LogP) is 5.70. The quantitative estimate of drug-likeness (QED) is 0.678. The maximum absolute atomic E-state index is 10.4. The maximum atomic E-state index is 10.4. The first-order valence-corrected chi connectivity index (χ1v) is 8.73. The minimum absolute atomic E-state index is 0.572. The summed E-state index contributed by atoms with van der Waals surface area (Å²) in [5.41, 5.74) is 3.19. The van der Waals surface area contributed by atoms with Gasteiger partial charge in [0.05, 0.1) is 7.57 Å². The molecule has 102 valence electrons. The van der Waals surface area contributed by atoms with E-state index in [2.05, 4.69) is 50.9 Å². The standard InChI is InChI=1S/C15H16Br2OS/c1-2-3-4-10-5-7-11(8-6-10)14(18)12-9-13(16)19-15(12)17/h5-9,14,18H,2-4H2,1H3. The molecule has 0 fully saturated rings. The highest BCUT2D eigenvalue weighted by molar-refractivity contribution is 9.12. The van der Waals surface area contributed by atoms with Gasteiger partial charge in [-0.25, -0.2) is 0 Å². The number of hydrogen-bond acceptors (Lipinski definition) is 2. The Kier molecular flexibility index (Phi) is 5.63. The summed E-state index contributed by atoms with van der Waals surface area (Å²) in [6.45, 7) is 2.20. The summed E-state index contributed by atoms with van der Waals surface area (Å²) in [7, 11) is 0. The fraction of sp³-hybridized carbons (Fsp3) is 0.333. The lowest BCUT2D eigenvalue weighted by Crippen LogP contribution is -1.99. The number of aliphatic hydroxyl groups excluding tert-OH is 1. The molecule has 0 bridgehead atoms. The van der Waals surface area contributed by atoms with E-state index in [0.717, 1.165) is 25.1 Å². The van der Waals surface area contributed by atoms with Gasteiger partial charge in [0, 0.05) is 5.56 Å². The second-order valence-corrected chi connectivity index (χ2v) is 8.28. The topological polar surface area (TPSA) is 20.2 Å². The van der Waals surface area contributed by atoms with Gasteiger partial charge in [0.2, 0.25) is 0 Å². The van der Waals surface area contributed by atoms with Gasteiger partial charge in [0.15, 0.2) is 0 Å². The average Bonchev–Trinajstić information content (AvgIpc) is 2.75. The molecule has 1 aromatic heterocycles. The minimum Gasteiger partial charge on any atom is -0.384 e. The predicted molar refractivity (Wildman–Crippen MR) is 88.8 cm³/mol. The van der Waals surface area contributed by atoms with Gasteiger partial charge in [-0.3, -0.25) is 0 Å². The summed E-state index contributed by atoms with van der Waals surface area (Å²) >= 11 is 8.51. The van der Waals surface area contributed by atoms with Crippen molar-refractivity contribution in [3.05, 3.63) is 54.6 Å². The van der Waals surface area contributed by atoms with Gasteiger partial charge in [-0.15, -0.1) is 11.3 Å². The third kappa shape index (κ3) is 3.91. The Hall–Kier alpha value is -0.160.